The second-order valence-corrected chi connectivity index (χ2v) is 22.0. The van der Waals surface area contributed by atoms with Crippen molar-refractivity contribution in [2.24, 2.45) is 0 Å². The molecule has 0 aromatic rings. The average molecular weight is 1030 g/mol. The number of rotatable bonds is 60. The summed E-state index contributed by atoms with van der Waals surface area (Å²) in [5, 5.41) is 0. The number of hydrogen-bond acceptors (Lipinski definition) is 6. The lowest BCUT2D eigenvalue weighted by Crippen LogP contribution is -2.30. The first kappa shape index (κ1) is 70.6. The molecule has 0 saturated heterocycles. The smallest absolute Gasteiger partial charge is 0.306 e. The lowest BCUT2D eigenvalue weighted by molar-refractivity contribution is -0.167. The fourth-order valence-electron chi connectivity index (χ4n) is 9.71. The Kier molecular flexibility index (Phi) is 60.2. The maximum absolute atomic E-state index is 12.8. The van der Waals surface area contributed by atoms with Crippen molar-refractivity contribution in [1.82, 2.24) is 0 Å². The Balaban J connectivity index is 4.03. The summed E-state index contributed by atoms with van der Waals surface area (Å²) in [6.07, 6.45) is 76.1. The molecule has 0 aliphatic carbocycles. The van der Waals surface area contributed by atoms with Crippen LogP contribution in [0.3, 0.4) is 0 Å². The van der Waals surface area contributed by atoms with Crippen LogP contribution in [0.25, 0.3) is 0 Å². The molecular formula is C67H124O6. The number of allylic oxidation sites excluding steroid dienone is 6. The second kappa shape index (κ2) is 62.2. The minimum atomic E-state index is -0.771. The average Bonchev–Trinajstić information content (AvgIpc) is 3.39. The molecule has 0 spiro atoms. The van der Waals surface area contributed by atoms with Crippen LogP contribution in [0.1, 0.15) is 355 Å². The molecule has 73 heavy (non-hydrogen) atoms. The molecule has 0 N–H and O–H groups in total. The molecule has 0 aromatic heterocycles. The van der Waals surface area contributed by atoms with Gasteiger partial charge in [-0.2, -0.15) is 0 Å². The lowest BCUT2D eigenvalue weighted by atomic mass is 10.0. The molecular weight excluding hydrogens is 901 g/mol. The first-order chi connectivity index (χ1) is 36.0. The summed E-state index contributed by atoms with van der Waals surface area (Å²) < 4.78 is 16.8. The predicted molar refractivity (Wildman–Crippen MR) is 316 cm³/mol. The first-order valence-electron chi connectivity index (χ1n) is 32.5. The highest BCUT2D eigenvalue weighted by molar-refractivity contribution is 5.71. The highest BCUT2D eigenvalue weighted by atomic mass is 16.6. The molecule has 428 valence electrons. The number of unbranched alkanes of at least 4 members (excludes halogenated alkanes) is 43. The highest BCUT2D eigenvalue weighted by Gasteiger charge is 2.19. The molecule has 0 fully saturated rings. The van der Waals surface area contributed by atoms with Crippen LogP contribution in [-0.2, 0) is 28.6 Å². The van der Waals surface area contributed by atoms with Crippen molar-refractivity contribution in [3.05, 3.63) is 36.5 Å². The molecule has 0 aliphatic rings. The molecule has 0 rings (SSSR count). The van der Waals surface area contributed by atoms with Gasteiger partial charge >= 0.3 is 17.9 Å². The summed E-state index contributed by atoms with van der Waals surface area (Å²) >= 11 is 0. The first-order valence-corrected chi connectivity index (χ1v) is 32.5. The summed E-state index contributed by atoms with van der Waals surface area (Å²) in [5.74, 6) is -0.863. The molecule has 0 amide bonds. The van der Waals surface area contributed by atoms with E-state index in [1.807, 2.05) is 0 Å². The third kappa shape index (κ3) is 60.4. The van der Waals surface area contributed by atoms with Gasteiger partial charge in [-0.25, -0.2) is 0 Å². The number of carbonyl (C=O) groups excluding carboxylic acids is 3. The van der Waals surface area contributed by atoms with Crippen LogP contribution in [-0.4, -0.2) is 37.2 Å². The summed E-state index contributed by atoms with van der Waals surface area (Å²) in [6.45, 7) is 6.64. The molecule has 6 nitrogen and oxygen atoms in total. The van der Waals surface area contributed by atoms with Gasteiger partial charge in [-0.1, -0.05) is 295 Å². The Labute approximate surface area is 455 Å². The SMILES string of the molecule is CCCCCCC/C=C\C/C=C\CCCCCCCCCCCCCCCCCCCCCC(=O)OCC(COC(=O)CCCCCCCCCC)OC(=O)CCCCCCC/C=C\CCCCCCCCC. The van der Waals surface area contributed by atoms with Crippen molar-refractivity contribution in [3.8, 4) is 0 Å². The molecule has 1 atom stereocenters. The summed E-state index contributed by atoms with van der Waals surface area (Å²) in [4.78, 5) is 38.1. The van der Waals surface area contributed by atoms with Crippen molar-refractivity contribution < 1.29 is 28.6 Å². The van der Waals surface area contributed by atoms with E-state index in [4.69, 9.17) is 14.2 Å². The van der Waals surface area contributed by atoms with Crippen LogP contribution < -0.4 is 0 Å². The zero-order valence-corrected chi connectivity index (χ0v) is 49.2. The zero-order chi connectivity index (χ0) is 52.9. The topological polar surface area (TPSA) is 78.9 Å². The van der Waals surface area contributed by atoms with E-state index in [1.54, 1.807) is 0 Å². The maximum atomic E-state index is 12.8. The van der Waals surface area contributed by atoms with Gasteiger partial charge in [0.15, 0.2) is 6.10 Å². The van der Waals surface area contributed by atoms with Gasteiger partial charge in [-0.15, -0.1) is 0 Å². The van der Waals surface area contributed by atoms with Crippen LogP contribution in [0.2, 0.25) is 0 Å². The van der Waals surface area contributed by atoms with E-state index in [9.17, 15) is 14.4 Å². The standard InChI is InChI=1S/C67H124O6/c1-4-7-10-13-16-19-21-23-25-27-28-29-30-31-32-33-34-35-36-37-38-39-40-41-43-44-46-48-51-54-57-60-66(69)72-63-64(62-71-65(68)59-56-53-50-18-15-12-9-6-3)73-67(70)61-58-55-52-49-47-45-42-26-24-22-20-17-14-11-8-5-2/h21,23,26-28,42,64H,4-20,22,24-25,29-41,43-63H2,1-3H3/b23-21-,28-27-,42-26-. The van der Waals surface area contributed by atoms with Gasteiger partial charge in [0.05, 0.1) is 0 Å². The van der Waals surface area contributed by atoms with E-state index >= 15 is 0 Å². The summed E-state index contributed by atoms with van der Waals surface area (Å²) in [5.41, 5.74) is 0. The van der Waals surface area contributed by atoms with Gasteiger partial charge in [-0.3, -0.25) is 14.4 Å². The zero-order valence-electron chi connectivity index (χ0n) is 49.2. The number of esters is 3. The van der Waals surface area contributed by atoms with E-state index < -0.39 is 6.10 Å². The quantitative estimate of drug-likeness (QED) is 0.0261. The van der Waals surface area contributed by atoms with Crippen molar-refractivity contribution >= 4 is 17.9 Å². The number of hydrogen-bond donors (Lipinski definition) is 0. The van der Waals surface area contributed by atoms with Crippen LogP contribution in [0.15, 0.2) is 36.5 Å². The van der Waals surface area contributed by atoms with Crippen molar-refractivity contribution in [2.45, 2.75) is 361 Å². The molecule has 0 heterocycles. The molecule has 0 aliphatic heterocycles. The predicted octanol–water partition coefficient (Wildman–Crippen LogP) is 22.0. The van der Waals surface area contributed by atoms with E-state index in [-0.39, 0.29) is 31.1 Å². The molecule has 0 bridgehead atoms. The Morgan fingerprint density at radius 1 is 0.274 bits per heavy atom. The van der Waals surface area contributed by atoms with E-state index in [0.29, 0.717) is 19.3 Å². The molecule has 0 radical (unpaired) electrons. The Hall–Kier alpha value is -2.37. The van der Waals surface area contributed by atoms with E-state index in [2.05, 4.69) is 57.2 Å². The van der Waals surface area contributed by atoms with Gasteiger partial charge in [0, 0.05) is 19.3 Å². The summed E-state index contributed by atoms with van der Waals surface area (Å²) in [7, 11) is 0. The third-order valence-electron chi connectivity index (χ3n) is 14.6. The van der Waals surface area contributed by atoms with E-state index in [0.717, 1.165) is 70.6 Å². The second-order valence-electron chi connectivity index (χ2n) is 22.0. The van der Waals surface area contributed by atoms with Crippen LogP contribution in [0.5, 0.6) is 0 Å². The molecule has 0 saturated carbocycles. The maximum Gasteiger partial charge on any atom is 0.306 e. The number of ether oxygens (including phenoxy) is 3. The van der Waals surface area contributed by atoms with Crippen molar-refractivity contribution in [1.29, 1.82) is 0 Å². The van der Waals surface area contributed by atoms with Gasteiger partial charge in [0.1, 0.15) is 13.2 Å². The van der Waals surface area contributed by atoms with Gasteiger partial charge in [0.25, 0.3) is 0 Å². The number of carbonyl (C=O) groups is 3. The molecule has 0 aromatic carbocycles. The fraction of sp³-hybridized carbons (Fsp3) is 0.866. The minimum absolute atomic E-state index is 0.0705. The normalized spacial score (nSPS) is 12.2. The largest absolute Gasteiger partial charge is 0.462 e. The molecule has 6 heteroatoms. The fourth-order valence-corrected chi connectivity index (χ4v) is 9.71. The Morgan fingerprint density at radius 2 is 0.493 bits per heavy atom. The summed E-state index contributed by atoms with van der Waals surface area (Å²) in [6, 6.07) is 0. The Morgan fingerprint density at radius 3 is 0.767 bits per heavy atom. The van der Waals surface area contributed by atoms with Crippen molar-refractivity contribution in [3.63, 3.8) is 0 Å². The molecule has 1 unspecified atom stereocenters. The van der Waals surface area contributed by atoms with Crippen LogP contribution in [0, 0.1) is 0 Å². The van der Waals surface area contributed by atoms with E-state index in [1.165, 1.54) is 244 Å². The minimum Gasteiger partial charge on any atom is -0.462 e. The Bertz CT molecular complexity index is 1220. The van der Waals surface area contributed by atoms with Crippen molar-refractivity contribution in [2.75, 3.05) is 13.2 Å². The van der Waals surface area contributed by atoms with Crippen LogP contribution in [0.4, 0.5) is 0 Å². The highest BCUT2D eigenvalue weighted by Crippen LogP contribution is 2.17. The van der Waals surface area contributed by atoms with Crippen LogP contribution >= 0.6 is 0 Å². The van der Waals surface area contributed by atoms with Gasteiger partial charge in [0.2, 0.25) is 0 Å². The lowest BCUT2D eigenvalue weighted by Gasteiger charge is -2.18. The van der Waals surface area contributed by atoms with Gasteiger partial charge < -0.3 is 14.2 Å². The van der Waals surface area contributed by atoms with Gasteiger partial charge in [-0.05, 0) is 77.0 Å². The monoisotopic (exact) mass is 1020 g/mol. The third-order valence-corrected chi connectivity index (χ3v) is 14.6.